The maximum atomic E-state index is 8.51. The molecule has 0 fully saturated rings. The highest BCUT2D eigenvalue weighted by Crippen LogP contribution is 2.14. The molecule has 1 aromatic rings. The minimum atomic E-state index is 0.117. The molecule has 0 saturated carbocycles. The summed E-state index contributed by atoms with van der Waals surface area (Å²) < 4.78 is 5.30. The number of furan rings is 1. The molecule has 1 heterocycles. The standard InChI is InChI=1S/C11H19N3O2/c1-3-9(7-11(12)14-15)13-8(2)10-5-4-6-16-10/h4-6,8-9,13,15H,3,7H2,1-2H3,(H2,12,14)/t8-,9?/m0/s1. The lowest BCUT2D eigenvalue weighted by Crippen LogP contribution is -2.34. The van der Waals surface area contributed by atoms with Gasteiger partial charge in [0.1, 0.15) is 11.6 Å². The van der Waals surface area contributed by atoms with Crippen LogP contribution in [-0.2, 0) is 0 Å². The van der Waals surface area contributed by atoms with E-state index in [0.717, 1.165) is 12.2 Å². The van der Waals surface area contributed by atoms with Crippen LogP contribution in [0.25, 0.3) is 0 Å². The molecule has 0 aromatic carbocycles. The molecule has 0 amide bonds. The number of nitrogens with one attached hydrogen (secondary N) is 1. The second kappa shape index (κ2) is 6.17. The third-order valence-electron chi connectivity index (χ3n) is 2.53. The van der Waals surface area contributed by atoms with E-state index in [1.54, 1.807) is 6.26 Å². The average Bonchev–Trinajstić information content (AvgIpc) is 2.81. The molecule has 4 N–H and O–H groups in total. The first-order chi connectivity index (χ1) is 7.67. The summed E-state index contributed by atoms with van der Waals surface area (Å²) in [5.41, 5.74) is 5.48. The Morgan fingerprint density at radius 1 is 1.69 bits per heavy atom. The molecule has 1 unspecified atom stereocenters. The lowest BCUT2D eigenvalue weighted by molar-refractivity contribution is 0.314. The van der Waals surface area contributed by atoms with Gasteiger partial charge in [0.05, 0.1) is 12.3 Å². The van der Waals surface area contributed by atoms with Crippen LogP contribution < -0.4 is 11.1 Å². The fraction of sp³-hybridized carbons (Fsp3) is 0.545. The number of hydrogen-bond donors (Lipinski definition) is 3. The molecule has 5 nitrogen and oxygen atoms in total. The molecule has 0 bridgehead atoms. The zero-order valence-corrected chi connectivity index (χ0v) is 9.68. The molecule has 0 saturated heterocycles. The van der Waals surface area contributed by atoms with E-state index < -0.39 is 0 Å². The first kappa shape index (κ1) is 12.6. The van der Waals surface area contributed by atoms with Crippen LogP contribution in [0.3, 0.4) is 0 Å². The fourth-order valence-corrected chi connectivity index (χ4v) is 1.59. The summed E-state index contributed by atoms with van der Waals surface area (Å²) in [7, 11) is 0. The van der Waals surface area contributed by atoms with E-state index in [9.17, 15) is 0 Å². The molecular weight excluding hydrogens is 206 g/mol. The Bertz CT molecular complexity index is 322. The molecule has 1 aromatic heterocycles. The SMILES string of the molecule is CCC(C/C(N)=N/O)N[C@@H](C)c1ccco1. The molecule has 0 radical (unpaired) electrons. The van der Waals surface area contributed by atoms with Crippen molar-refractivity contribution in [3.63, 3.8) is 0 Å². The summed E-state index contributed by atoms with van der Waals surface area (Å²) in [5.74, 6) is 1.13. The maximum absolute atomic E-state index is 8.51. The van der Waals surface area contributed by atoms with Crippen molar-refractivity contribution in [2.45, 2.75) is 38.8 Å². The molecule has 0 aliphatic carbocycles. The van der Waals surface area contributed by atoms with Gasteiger partial charge in [-0.3, -0.25) is 0 Å². The van der Waals surface area contributed by atoms with Gasteiger partial charge in [-0.15, -0.1) is 0 Å². The normalized spacial score (nSPS) is 16.0. The summed E-state index contributed by atoms with van der Waals surface area (Å²) in [6, 6.07) is 4.08. The molecule has 0 aliphatic rings. The van der Waals surface area contributed by atoms with E-state index in [1.807, 2.05) is 19.1 Å². The van der Waals surface area contributed by atoms with Crippen molar-refractivity contribution in [1.29, 1.82) is 0 Å². The molecule has 0 spiro atoms. The summed E-state index contributed by atoms with van der Waals surface area (Å²) >= 11 is 0. The largest absolute Gasteiger partial charge is 0.468 e. The molecule has 16 heavy (non-hydrogen) atoms. The van der Waals surface area contributed by atoms with Gasteiger partial charge in [0.25, 0.3) is 0 Å². The lowest BCUT2D eigenvalue weighted by Gasteiger charge is -2.20. The van der Waals surface area contributed by atoms with Crippen molar-refractivity contribution in [2.75, 3.05) is 0 Å². The number of oxime groups is 1. The number of nitrogens with two attached hydrogens (primary N) is 1. The second-order valence-electron chi connectivity index (χ2n) is 3.80. The highest BCUT2D eigenvalue weighted by Gasteiger charge is 2.14. The minimum Gasteiger partial charge on any atom is -0.468 e. The van der Waals surface area contributed by atoms with Crippen molar-refractivity contribution in [1.82, 2.24) is 5.32 Å². The lowest BCUT2D eigenvalue weighted by atomic mass is 10.1. The van der Waals surface area contributed by atoms with Gasteiger partial charge in [-0.05, 0) is 25.5 Å². The quantitative estimate of drug-likeness (QED) is 0.298. The molecule has 90 valence electrons. The van der Waals surface area contributed by atoms with E-state index in [1.165, 1.54) is 0 Å². The highest BCUT2D eigenvalue weighted by atomic mass is 16.4. The molecule has 5 heteroatoms. The second-order valence-corrected chi connectivity index (χ2v) is 3.80. The van der Waals surface area contributed by atoms with Gasteiger partial charge in [-0.2, -0.15) is 0 Å². The maximum Gasteiger partial charge on any atom is 0.140 e. The van der Waals surface area contributed by atoms with Gasteiger partial charge in [0.2, 0.25) is 0 Å². The zero-order valence-electron chi connectivity index (χ0n) is 9.68. The van der Waals surface area contributed by atoms with Gasteiger partial charge >= 0.3 is 0 Å². The van der Waals surface area contributed by atoms with Gasteiger partial charge in [0, 0.05) is 12.5 Å². The van der Waals surface area contributed by atoms with E-state index in [-0.39, 0.29) is 17.9 Å². The van der Waals surface area contributed by atoms with Gasteiger partial charge in [-0.1, -0.05) is 12.1 Å². The van der Waals surface area contributed by atoms with E-state index >= 15 is 0 Å². The van der Waals surface area contributed by atoms with Crippen LogP contribution in [0.2, 0.25) is 0 Å². The Morgan fingerprint density at radius 2 is 2.44 bits per heavy atom. The summed E-state index contributed by atoms with van der Waals surface area (Å²) in [5, 5.41) is 14.9. The summed E-state index contributed by atoms with van der Waals surface area (Å²) in [6.07, 6.45) is 3.08. The Morgan fingerprint density at radius 3 is 2.94 bits per heavy atom. The first-order valence-electron chi connectivity index (χ1n) is 5.43. The third kappa shape index (κ3) is 3.58. The monoisotopic (exact) mass is 225 g/mol. The zero-order chi connectivity index (χ0) is 12.0. The van der Waals surface area contributed by atoms with Crippen LogP contribution in [0.5, 0.6) is 0 Å². The van der Waals surface area contributed by atoms with Crippen LogP contribution in [0, 0.1) is 0 Å². The van der Waals surface area contributed by atoms with Crippen LogP contribution in [0.4, 0.5) is 0 Å². The number of hydrogen-bond acceptors (Lipinski definition) is 4. The molecule has 0 aliphatic heterocycles. The summed E-state index contributed by atoms with van der Waals surface area (Å²) in [6.45, 7) is 4.07. The minimum absolute atomic E-state index is 0.117. The van der Waals surface area contributed by atoms with Crippen molar-refractivity contribution >= 4 is 5.84 Å². The van der Waals surface area contributed by atoms with Crippen LogP contribution in [0.15, 0.2) is 28.0 Å². The average molecular weight is 225 g/mol. The summed E-state index contributed by atoms with van der Waals surface area (Å²) in [4.78, 5) is 0. The van der Waals surface area contributed by atoms with Gasteiger partial charge in [0.15, 0.2) is 0 Å². The van der Waals surface area contributed by atoms with Crippen LogP contribution >= 0.6 is 0 Å². The van der Waals surface area contributed by atoms with Gasteiger partial charge < -0.3 is 20.7 Å². The molecular formula is C11H19N3O2. The predicted octanol–water partition coefficient (Wildman–Crippen LogP) is 1.85. The predicted molar refractivity (Wildman–Crippen MR) is 62.4 cm³/mol. The van der Waals surface area contributed by atoms with Crippen molar-refractivity contribution in [2.24, 2.45) is 10.9 Å². The van der Waals surface area contributed by atoms with E-state index in [4.69, 9.17) is 15.4 Å². The smallest absolute Gasteiger partial charge is 0.140 e. The Labute approximate surface area is 95.3 Å². The van der Waals surface area contributed by atoms with Crippen LogP contribution in [-0.4, -0.2) is 17.1 Å². The highest BCUT2D eigenvalue weighted by molar-refractivity contribution is 5.80. The number of rotatable bonds is 6. The van der Waals surface area contributed by atoms with Crippen LogP contribution in [0.1, 0.15) is 38.5 Å². The van der Waals surface area contributed by atoms with Gasteiger partial charge in [-0.25, -0.2) is 0 Å². The number of amidine groups is 1. The van der Waals surface area contributed by atoms with Crippen molar-refractivity contribution < 1.29 is 9.62 Å². The first-order valence-corrected chi connectivity index (χ1v) is 5.43. The Kier molecular flexibility index (Phi) is 4.85. The van der Waals surface area contributed by atoms with E-state index in [0.29, 0.717) is 6.42 Å². The Hall–Kier alpha value is -1.49. The Balaban J connectivity index is 2.50. The topological polar surface area (TPSA) is 83.8 Å². The third-order valence-corrected chi connectivity index (χ3v) is 2.53. The van der Waals surface area contributed by atoms with Crippen molar-refractivity contribution in [3.8, 4) is 0 Å². The molecule has 2 atom stereocenters. The van der Waals surface area contributed by atoms with E-state index in [2.05, 4.69) is 17.4 Å². The molecule has 1 rings (SSSR count). The number of nitrogens with zero attached hydrogens (tertiary/aromatic N) is 1. The fourth-order valence-electron chi connectivity index (χ4n) is 1.59. The van der Waals surface area contributed by atoms with Crippen molar-refractivity contribution in [3.05, 3.63) is 24.2 Å².